The standard InChI is InChI=1S/C9H17N3OS/c1-5-13-9(3,4)6-10-8-12-11-7(2)14-8/h5-6H2,1-4H3,(H,10,12). The summed E-state index contributed by atoms with van der Waals surface area (Å²) >= 11 is 1.56. The fraction of sp³-hybridized carbons (Fsp3) is 0.778. The van der Waals surface area contributed by atoms with E-state index in [9.17, 15) is 0 Å². The van der Waals surface area contributed by atoms with Gasteiger partial charge in [0.1, 0.15) is 5.01 Å². The number of aromatic nitrogens is 2. The summed E-state index contributed by atoms with van der Waals surface area (Å²) in [7, 11) is 0. The number of hydrogen-bond donors (Lipinski definition) is 1. The first-order valence-corrected chi connectivity index (χ1v) is 5.53. The van der Waals surface area contributed by atoms with Crippen LogP contribution in [0.3, 0.4) is 0 Å². The number of aryl methyl sites for hydroxylation is 1. The second-order valence-electron chi connectivity index (χ2n) is 3.67. The normalized spacial score (nSPS) is 11.7. The van der Waals surface area contributed by atoms with Crippen LogP contribution in [0, 0.1) is 6.92 Å². The highest BCUT2D eigenvalue weighted by molar-refractivity contribution is 7.15. The van der Waals surface area contributed by atoms with Crippen LogP contribution in [0.25, 0.3) is 0 Å². The molecular weight excluding hydrogens is 198 g/mol. The molecule has 0 fully saturated rings. The highest BCUT2D eigenvalue weighted by atomic mass is 32.1. The van der Waals surface area contributed by atoms with Gasteiger partial charge < -0.3 is 10.1 Å². The van der Waals surface area contributed by atoms with Crippen molar-refractivity contribution < 1.29 is 4.74 Å². The van der Waals surface area contributed by atoms with E-state index in [0.717, 1.165) is 23.3 Å². The van der Waals surface area contributed by atoms with Gasteiger partial charge in [0.2, 0.25) is 5.13 Å². The van der Waals surface area contributed by atoms with Gasteiger partial charge in [-0.25, -0.2) is 0 Å². The van der Waals surface area contributed by atoms with Crippen LogP contribution in [0.5, 0.6) is 0 Å². The zero-order valence-corrected chi connectivity index (χ0v) is 9.94. The van der Waals surface area contributed by atoms with Crippen molar-refractivity contribution in [2.75, 3.05) is 18.5 Å². The largest absolute Gasteiger partial charge is 0.374 e. The van der Waals surface area contributed by atoms with Gasteiger partial charge in [-0.15, -0.1) is 10.2 Å². The van der Waals surface area contributed by atoms with Crippen LogP contribution in [0.1, 0.15) is 25.8 Å². The van der Waals surface area contributed by atoms with Gasteiger partial charge in [0.25, 0.3) is 0 Å². The van der Waals surface area contributed by atoms with E-state index >= 15 is 0 Å². The Morgan fingerprint density at radius 2 is 2.14 bits per heavy atom. The Hall–Kier alpha value is -0.680. The lowest BCUT2D eigenvalue weighted by molar-refractivity contribution is 0.000689. The van der Waals surface area contributed by atoms with Crippen LogP contribution in [0.2, 0.25) is 0 Å². The van der Waals surface area contributed by atoms with Crippen molar-refractivity contribution in [1.82, 2.24) is 10.2 Å². The number of rotatable bonds is 5. The first-order chi connectivity index (χ1) is 6.53. The second kappa shape index (κ2) is 4.70. The van der Waals surface area contributed by atoms with Crippen LogP contribution >= 0.6 is 11.3 Å². The fourth-order valence-corrected chi connectivity index (χ4v) is 1.69. The number of nitrogens with zero attached hydrogens (tertiary/aromatic N) is 2. The molecule has 0 bridgehead atoms. The average Bonchev–Trinajstić information content (AvgIpc) is 2.48. The summed E-state index contributed by atoms with van der Waals surface area (Å²) in [6.45, 7) is 9.52. The number of nitrogens with one attached hydrogen (secondary N) is 1. The molecular formula is C9H17N3OS. The van der Waals surface area contributed by atoms with Gasteiger partial charge in [0, 0.05) is 13.2 Å². The molecule has 4 nitrogen and oxygen atoms in total. The Kier molecular flexibility index (Phi) is 3.83. The van der Waals surface area contributed by atoms with E-state index in [4.69, 9.17) is 4.74 Å². The lowest BCUT2D eigenvalue weighted by Gasteiger charge is -2.24. The zero-order valence-electron chi connectivity index (χ0n) is 9.13. The lowest BCUT2D eigenvalue weighted by Crippen LogP contribution is -2.33. The maximum absolute atomic E-state index is 5.55. The molecule has 0 unspecified atom stereocenters. The molecule has 80 valence electrons. The Morgan fingerprint density at radius 1 is 1.43 bits per heavy atom. The van der Waals surface area contributed by atoms with E-state index in [0.29, 0.717) is 0 Å². The number of hydrogen-bond acceptors (Lipinski definition) is 5. The van der Waals surface area contributed by atoms with Crippen LogP contribution in [0.4, 0.5) is 5.13 Å². The fourth-order valence-electron chi connectivity index (χ4n) is 1.10. The molecule has 1 N–H and O–H groups in total. The molecule has 0 atom stereocenters. The van der Waals surface area contributed by atoms with Gasteiger partial charge in [-0.1, -0.05) is 11.3 Å². The molecule has 0 amide bonds. The first-order valence-electron chi connectivity index (χ1n) is 4.71. The topological polar surface area (TPSA) is 47.0 Å². The third kappa shape index (κ3) is 3.59. The summed E-state index contributed by atoms with van der Waals surface area (Å²) in [4.78, 5) is 0. The highest BCUT2D eigenvalue weighted by Gasteiger charge is 2.17. The van der Waals surface area contributed by atoms with Gasteiger partial charge >= 0.3 is 0 Å². The summed E-state index contributed by atoms with van der Waals surface area (Å²) in [6, 6.07) is 0. The molecule has 1 heterocycles. The molecule has 1 aromatic rings. The Balaban J connectivity index is 2.40. The molecule has 0 aromatic carbocycles. The SMILES string of the molecule is CCOC(C)(C)CNc1nnc(C)s1. The van der Waals surface area contributed by atoms with Crippen molar-refractivity contribution in [2.24, 2.45) is 0 Å². The predicted octanol–water partition coefficient (Wildman–Crippen LogP) is 2.07. The Morgan fingerprint density at radius 3 is 2.64 bits per heavy atom. The zero-order chi connectivity index (χ0) is 10.6. The summed E-state index contributed by atoms with van der Waals surface area (Å²) in [5, 5.41) is 13.0. The van der Waals surface area contributed by atoms with E-state index in [2.05, 4.69) is 29.4 Å². The van der Waals surface area contributed by atoms with Crippen molar-refractivity contribution in [1.29, 1.82) is 0 Å². The smallest absolute Gasteiger partial charge is 0.205 e. The molecule has 1 aromatic heterocycles. The first kappa shape index (κ1) is 11.4. The summed E-state index contributed by atoms with van der Waals surface area (Å²) in [5.74, 6) is 0. The molecule has 0 spiro atoms. The van der Waals surface area contributed by atoms with Crippen molar-refractivity contribution in [3.63, 3.8) is 0 Å². The van der Waals surface area contributed by atoms with Crippen LogP contribution in [-0.2, 0) is 4.74 Å². The van der Waals surface area contributed by atoms with Gasteiger partial charge in [-0.05, 0) is 27.7 Å². The molecule has 0 aliphatic rings. The van der Waals surface area contributed by atoms with Crippen molar-refractivity contribution in [3.05, 3.63) is 5.01 Å². The lowest BCUT2D eigenvalue weighted by atomic mass is 10.1. The minimum atomic E-state index is -0.158. The van der Waals surface area contributed by atoms with E-state index in [1.807, 2.05) is 13.8 Å². The molecule has 0 aliphatic heterocycles. The third-order valence-corrected chi connectivity index (χ3v) is 2.52. The van der Waals surface area contributed by atoms with Gasteiger partial charge in [-0.2, -0.15) is 0 Å². The molecule has 1 rings (SSSR count). The summed E-state index contributed by atoms with van der Waals surface area (Å²) < 4.78 is 5.55. The highest BCUT2D eigenvalue weighted by Crippen LogP contribution is 2.16. The van der Waals surface area contributed by atoms with Gasteiger partial charge in [0.15, 0.2) is 0 Å². The maximum atomic E-state index is 5.55. The van der Waals surface area contributed by atoms with Crippen LogP contribution in [0.15, 0.2) is 0 Å². The summed E-state index contributed by atoms with van der Waals surface area (Å²) in [6.07, 6.45) is 0. The maximum Gasteiger partial charge on any atom is 0.205 e. The minimum absolute atomic E-state index is 0.158. The summed E-state index contributed by atoms with van der Waals surface area (Å²) in [5.41, 5.74) is -0.158. The van der Waals surface area contributed by atoms with E-state index in [-0.39, 0.29) is 5.60 Å². The van der Waals surface area contributed by atoms with Crippen molar-refractivity contribution in [3.8, 4) is 0 Å². The van der Waals surface area contributed by atoms with Crippen LogP contribution < -0.4 is 5.32 Å². The molecule has 14 heavy (non-hydrogen) atoms. The molecule has 0 saturated carbocycles. The average molecular weight is 215 g/mol. The number of anilines is 1. The van der Waals surface area contributed by atoms with Crippen molar-refractivity contribution in [2.45, 2.75) is 33.3 Å². The number of ether oxygens (including phenoxy) is 1. The molecule has 5 heteroatoms. The minimum Gasteiger partial charge on any atom is -0.374 e. The molecule has 0 radical (unpaired) electrons. The van der Waals surface area contributed by atoms with Gasteiger partial charge in [0.05, 0.1) is 5.60 Å². The molecule has 0 aliphatic carbocycles. The van der Waals surface area contributed by atoms with E-state index in [1.165, 1.54) is 0 Å². The Labute approximate surface area is 88.7 Å². The van der Waals surface area contributed by atoms with Crippen LogP contribution in [-0.4, -0.2) is 29.0 Å². The quantitative estimate of drug-likeness (QED) is 0.817. The van der Waals surface area contributed by atoms with Gasteiger partial charge in [-0.3, -0.25) is 0 Å². The third-order valence-electron chi connectivity index (χ3n) is 1.73. The van der Waals surface area contributed by atoms with E-state index < -0.39 is 0 Å². The monoisotopic (exact) mass is 215 g/mol. The Bertz CT molecular complexity index is 285. The second-order valence-corrected chi connectivity index (χ2v) is 4.85. The predicted molar refractivity (Wildman–Crippen MR) is 58.8 cm³/mol. The van der Waals surface area contributed by atoms with E-state index in [1.54, 1.807) is 11.3 Å². The molecule has 0 saturated heterocycles. The van der Waals surface area contributed by atoms with Crippen molar-refractivity contribution >= 4 is 16.5 Å².